The maximum Gasteiger partial charge on any atom is 0.295 e. The second-order valence-electron chi connectivity index (χ2n) is 2.26. The molecule has 1 aromatic carbocycles. The van der Waals surface area contributed by atoms with E-state index in [2.05, 4.69) is 10.9 Å². The summed E-state index contributed by atoms with van der Waals surface area (Å²) in [6.45, 7) is 0. The van der Waals surface area contributed by atoms with Crippen molar-refractivity contribution in [3.05, 3.63) is 23.8 Å². The van der Waals surface area contributed by atoms with Gasteiger partial charge in [-0.1, -0.05) is 0 Å². The van der Waals surface area contributed by atoms with Gasteiger partial charge in [0.1, 0.15) is 5.75 Å². The van der Waals surface area contributed by atoms with Crippen molar-refractivity contribution in [2.45, 2.75) is 0 Å². The fraction of sp³-hybridized carbons (Fsp3) is 0. The summed E-state index contributed by atoms with van der Waals surface area (Å²) in [4.78, 5) is 10.9. The zero-order valence-electron chi connectivity index (χ0n) is 5.53. The smallest absolute Gasteiger partial charge is 0.295 e. The van der Waals surface area contributed by atoms with Crippen molar-refractivity contribution in [3.8, 4) is 5.75 Å². The van der Waals surface area contributed by atoms with Gasteiger partial charge < -0.3 is 5.11 Å². The molecule has 0 spiro atoms. The van der Waals surface area contributed by atoms with E-state index in [1.165, 1.54) is 12.1 Å². The van der Waals surface area contributed by atoms with Crippen molar-refractivity contribution in [1.82, 2.24) is 5.43 Å². The molecule has 0 aliphatic carbocycles. The molecule has 2 N–H and O–H groups in total. The van der Waals surface area contributed by atoms with Crippen LogP contribution in [0.25, 0.3) is 0 Å². The van der Waals surface area contributed by atoms with E-state index < -0.39 is 0 Å². The number of carbonyl (C=O) groups is 1. The Labute approximate surface area is 62.8 Å². The number of fused-ring (bicyclic) bond motifs is 1. The summed E-state index contributed by atoms with van der Waals surface area (Å²) in [6.07, 6.45) is 0. The highest BCUT2D eigenvalue weighted by Crippen LogP contribution is 2.24. The van der Waals surface area contributed by atoms with Crippen LogP contribution in [0.2, 0.25) is 0 Å². The molecule has 1 aliphatic rings. The third-order valence-electron chi connectivity index (χ3n) is 1.51. The van der Waals surface area contributed by atoms with Crippen LogP contribution in [-0.4, -0.2) is 11.0 Å². The number of aromatic hydroxyl groups is 1. The lowest BCUT2D eigenvalue weighted by Crippen LogP contribution is -2.10. The van der Waals surface area contributed by atoms with E-state index in [0.29, 0.717) is 11.3 Å². The largest absolute Gasteiger partial charge is 0.508 e. The SMILES string of the molecule is O=C1[N]Nc2ccc(O)cc21. The summed E-state index contributed by atoms with van der Waals surface area (Å²) < 4.78 is 0. The Hall–Kier alpha value is -1.71. The first-order chi connectivity index (χ1) is 5.27. The Balaban J connectivity index is 2.60. The molecule has 4 nitrogen and oxygen atoms in total. The minimum Gasteiger partial charge on any atom is -0.508 e. The molecule has 0 atom stereocenters. The first kappa shape index (κ1) is 6.03. The highest BCUT2D eigenvalue weighted by atomic mass is 16.3. The first-order valence-corrected chi connectivity index (χ1v) is 3.11. The molecule has 0 saturated heterocycles. The number of hydrogen-bond donors (Lipinski definition) is 2. The second kappa shape index (κ2) is 1.88. The number of benzene rings is 1. The lowest BCUT2D eigenvalue weighted by molar-refractivity contribution is 0.0969. The van der Waals surface area contributed by atoms with Crippen molar-refractivity contribution in [1.29, 1.82) is 0 Å². The molecule has 1 aliphatic heterocycles. The van der Waals surface area contributed by atoms with Gasteiger partial charge in [-0.2, -0.15) is 0 Å². The van der Waals surface area contributed by atoms with Gasteiger partial charge in [-0.15, -0.1) is 5.43 Å². The molecule has 1 radical (unpaired) electrons. The van der Waals surface area contributed by atoms with Gasteiger partial charge in [-0.25, -0.2) is 0 Å². The summed E-state index contributed by atoms with van der Waals surface area (Å²) in [6, 6.07) is 4.50. The Morgan fingerprint density at radius 1 is 1.45 bits per heavy atom. The number of phenolic OH excluding ortho intramolecular Hbond substituents is 1. The normalized spacial score (nSPS) is 13.6. The third kappa shape index (κ3) is 0.797. The highest BCUT2D eigenvalue weighted by molar-refractivity contribution is 6.04. The van der Waals surface area contributed by atoms with Crippen LogP contribution >= 0.6 is 0 Å². The van der Waals surface area contributed by atoms with Crippen molar-refractivity contribution in [3.63, 3.8) is 0 Å². The number of carbonyl (C=O) groups excluding carboxylic acids is 1. The quantitative estimate of drug-likeness (QED) is 0.527. The lowest BCUT2D eigenvalue weighted by Gasteiger charge is -1.94. The van der Waals surface area contributed by atoms with Crippen molar-refractivity contribution in [2.75, 3.05) is 5.43 Å². The molecule has 4 heteroatoms. The summed E-state index contributed by atoms with van der Waals surface area (Å²) >= 11 is 0. The first-order valence-electron chi connectivity index (χ1n) is 3.11. The molecule has 1 aromatic rings. The number of rotatable bonds is 0. The average Bonchev–Trinajstić information content (AvgIpc) is 2.33. The van der Waals surface area contributed by atoms with Crippen molar-refractivity contribution < 1.29 is 9.90 Å². The molecular weight excluding hydrogens is 144 g/mol. The molecule has 1 amide bonds. The molecule has 11 heavy (non-hydrogen) atoms. The average molecular weight is 149 g/mol. The molecule has 55 valence electrons. The summed E-state index contributed by atoms with van der Waals surface area (Å²) in [5.74, 6) is -0.257. The number of nitrogens with zero attached hydrogens (tertiary/aromatic N) is 1. The van der Waals surface area contributed by atoms with E-state index in [0.717, 1.165) is 0 Å². The van der Waals surface area contributed by atoms with Crippen LogP contribution in [0.15, 0.2) is 18.2 Å². The predicted octanol–water partition coefficient (Wildman–Crippen LogP) is 0.477. The monoisotopic (exact) mass is 149 g/mol. The predicted molar refractivity (Wildman–Crippen MR) is 38.2 cm³/mol. The van der Waals surface area contributed by atoms with E-state index in [4.69, 9.17) is 5.11 Å². The van der Waals surface area contributed by atoms with Gasteiger partial charge in [0.2, 0.25) is 0 Å². The fourth-order valence-corrected chi connectivity index (χ4v) is 0.978. The molecule has 0 saturated carbocycles. The summed E-state index contributed by atoms with van der Waals surface area (Å²) in [5.41, 5.74) is 7.05. The Morgan fingerprint density at radius 3 is 3.09 bits per heavy atom. The minimum absolute atomic E-state index is 0.0796. The Bertz CT molecular complexity index is 322. The van der Waals surface area contributed by atoms with Gasteiger partial charge in [0, 0.05) is 0 Å². The van der Waals surface area contributed by atoms with Gasteiger partial charge >= 0.3 is 0 Å². The van der Waals surface area contributed by atoms with Crippen LogP contribution in [-0.2, 0) is 0 Å². The Morgan fingerprint density at radius 2 is 2.27 bits per heavy atom. The van der Waals surface area contributed by atoms with Crippen LogP contribution in [0.4, 0.5) is 5.69 Å². The topological polar surface area (TPSA) is 63.4 Å². The standard InChI is InChI=1S/C7H5N2O2/c10-4-1-2-6-5(3-4)7(11)9-8-6/h1-3,8,10H. The summed E-state index contributed by atoms with van der Waals surface area (Å²) in [5, 5.41) is 8.99. The molecule has 0 aromatic heterocycles. The molecule has 0 unspecified atom stereocenters. The number of anilines is 1. The van der Waals surface area contributed by atoms with E-state index >= 15 is 0 Å². The van der Waals surface area contributed by atoms with Crippen LogP contribution in [0.5, 0.6) is 5.75 Å². The minimum atomic E-state index is -0.337. The number of amides is 1. The number of phenols is 1. The van der Waals surface area contributed by atoms with Crippen LogP contribution in [0.3, 0.4) is 0 Å². The second-order valence-corrected chi connectivity index (χ2v) is 2.26. The van der Waals surface area contributed by atoms with E-state index in [9.17, 15) is 4.79 Å². The zero-order valence-corrected chi connectivity index (χ0v) is 5.53. The van der Waals surface area contributed by atoms with Crippen molar-refractivity contribution in [2.24, 2.45) is 0 Å². The van der Waals surface area contributed by atoms with Gasteiger partial charge in [0.05, 0.1) is 11.3 Å². The number of hydrogen-bond acceptors (Lipinski definition) is 3. The van der Waals surface area contributed by atoms with E-state index in [1.54, 1.807) is 6.07 Å². The van der Waals surface area contributed by atoms with Crippen LogP contribution in [0.1, 0.15) is 10.4 Å². The van der Waals surface area contributed by atoms with Crippen molar-refractivity contribution >= 4 is 11.6 Å². The molecule has 0 bridgehead atoms. The molecule has 1 heterocycles. The summed E-state index contributed by atoms with van der Waals surface area (Å²) in [7, 11) is 0. The van der Waals surface area contributed by atoms with Crippen LogP contribution < -0.4 is 10.9 Å². The maximum absolute atomic E-state index is 10.9. The highest BCUT2D eigenvalue weighted by Gasteiger charge is 2.20. The molecular formula is C7H5N2O2. The molecule has 0 fully saturated rings. The lowest BCUT2D eigenvalue weighted by atomic mass is 10.2. The third-order valence-corrected chi connectivity index (χ3v) is 1.51. The number of nitrogens with one attached hydrogen (secondary N) is 1. The van der Waals surface area contributed by atoms with Gasteiger partial charge in [0.25, 0.3) is 5.91 Å². The van der Waals surface area contributed by atoms with Gasteiger partial charge in [-0.05, 0) is 18.2 Å². The van der Waals surface area contributed by atoms with Gasteiger partial charge in [-0.3, -0.25) is 10.2 Å². The van der Waals surface area contributed by atoms with Gasteiger partial charge in [0.15, 0.2) is 0 Å². The van der Waals surface area contributed by atoms with E-state index in [1.807, 2.05) is 0 Å². The zero-order chi connectivity index (χ0) is 7.84. The maximum atomic E-state index is 10.9. The Kier molecular flexibility index (Phi) is 1.03. The van der Waals surface area contributed by atoms with E-state index in [-0.39, 0.29) is 11.7 Å². The van der Waals surface area contributed by atoms with Crippen LogP contribution in [0, 0.1) is 0 Å². The molecule has 2 rings (SSSR count). The fourth-order valence-electron chi connectivity index (χ4n) is 0.978.